The molecule has 2 aromatic heterocycles. The summed E-state index contributed by atoms with van der Waals surface area (Å²) >= 11 is 5.88. The molecule has 0 saturated heterocycles. The summed E-state index contributed by atoms with van der Waals surface area (Å²) in [7, 11) is -4.40. The monoisotopic (exact) mass is 410 g/mol. The van der Waals surface area contributed by atoms with Gasteiger partial charge >= 0.3 is 12.2 Å². The lowest BCUT2D eigenvalue weighted by atomic mass is 10.3. The topological polar surface area (TPSA) is 85.2 Å². The first-order valence-electron chi connectivity index (χ1n) is 7.35. The molecule has 0 saturated carbocycles. The Morgan fingerprint density at radius 1 is 1.27 bits per heavy atom. The van der Waals surface area contributed by atoms with Crippen LogP contribution in [0.1, 0.15) is 19.4 Å². The number of alkyl halides is 3. The van der Waals surface area contributed by atoms with Crippen molar-refractivity contribution >= 4 is 27.5 Å². The van der Waals surface area contributed by atoms with Crippen LogP contribution in [-0.4, -0.2) is 47.2 Å². The lowest BCUT2D eigenvalue weighted by Gasteiger charge is -2.17. The summed E-state index contributed by atoms with van der Waals surface area (Å²) in [4.78, 5) is 17.0. The highest BCUT2D eigenvalue weighted by Gasteiger charge is 2.33. The highest BCUT2D eigenvalue weighted by atomic mass is 35.5. The zero-order valence-corrected chi connectivity index (χ0v) is 15.2. The molecule has 7 nitrogen and oxygen atoms in total. The molecule has 12 heteroatoms. The predicted octanol–water partition coefficient (Wildman–Crippen LogP) is 3.09. The van der Waals surface area contributed by atoms with E-state index in [9.17, 15) is 26.4 Å². The fourth-order valence-corrected chi connectivity index (χ4v) is 3.64. The SMILES string of the molecule is CCN(CC)C(=O)n1cc(Cl)c(S(=O)(=O)c2ccc(C(F)(F)F)cn2)n1. The van der Waals surface area contributed by atoms with E-state index in [0.717, 1.165) is 10.9 Å². The summed E-state index contributed by atoms with van der Waals surface area (Å²) in [5, 5.41) is 2.03. The number of rotatable bonds is 4. The van der Waals surface area contributed by atoms with Crippen molar-refractivity contribution < 1.29 is 26.4 Å². The minimum absolute atomic E-state index is 0.341. The van der Waals surface area contributed by atoms with Gasteiger partial charge in [0.2, 0.25) is 14.9 Å². The Balaban J connectivity index is 2.43. The highest BCUT2D eigenvalue weighted by molar-refractivity contribution is 7.91. The van der Waals surface area contributed by atoms with Gasteiger partial charge in [0.1, 0.15) is 0 Å². The summed E-state index contributed by atoms with van der Waals surface area (Å²) in [6, 6.07) is 0.713. The number of carbonyl (C=O) groups is 1. The van der Waals surface area contributed by atoms with E-state index in [1.165, 1.54) is 4.90 Å². The first-order chi connectivity index (χ1) is 12.0. The Labute approximate surface area is 152 Å². The second-order valence-electron chi connectivity index (χ2n) is 5.07. The number of sulfone groups is 1. The van der Waals surface area contributed by atoms with Gasteiger partial charge in [0.25, 0.3) is 0 Å². The van der Waals surface area contributed by atoms with Gasteiger partial charge in [-0.05, 0) is 26.0 Å². The summed E-state index contributed by atoms with van der Waals surface area (Å²) in [5.74, 6) is 0. The first kappa shape index (κ1) is 20.2. The Hall–Kier alpha value is -2.14. The molecule has 0 radical (unpaired) electrons. The molecule has 0 spiro atoms. The highest BCUT2D eigenvalue weighted by Crippen LogP contribution is 2.30. The van der Waals surface area contributed by atoms with Gasteiger partial charge in [-0.1, -0.05) is 11.6 Å². The smallest absolute Gasteiger partial charge is 0.323 e. The van der Waals surface area contributed by atoms with E-state index in [4.69, 9.17) is 11.6 Å². The molecule has 0 atom stereocenters. The molecule has 0 aliphatic rings. The second-order valence-corrected chi connectivity index (χ2v) is 7.29. The number of nitrogens with zero attached hydrogens (tertiary/aromatic N) is 4. The minimum Gasteiger partial charge on any atom is -0.323 e. The standard InChI is InChI=1S/C14H14ClF3N4O3S/c1-3-21(4-2)13(23)22-8-10(15)12(20-22)26(24,25)11-6-5-9(7-19-11)14(16,17)18/h5-8H,3-4H2,1-2H3. The van der Waals surface area contributed by atoms with Crippen molar-refractivity contribution in [3.05, 3.63) is 35.1 Å². The fourth-order valence-electron chi connectivity index (χ4n) is 2.06. The van der Waals surface area contributed by atoms with Crippen LogP contribution in [0.25, 0.3) is 0 Å². The number of hydrogen-bond acceptors (Lipinski definition) is 5. The van der Waals surface area contributed by atoms with Gasteiger partial charge in [-0.2, -0.15) is 17.9 Å². The van der Waals surface area contributed by atoms with Crippen LogP contribution in [0.15, 0.2) is 34.6 Å². The fraction of sp³-hybridized carbons (Fsp3) is 0.357. The van der Waals surface area contributed by atoms with Gasteiger partial charge in [0.15, 0.2) is 5.03 Å². The third-order valence-electron chi connectivity index (χ3n) is 3.46. The maximum Gasteiger partial charge on any atom is 0.417 e. The average Bonchev–Trinajstić information content (AvgIpc) is 2.98. The Morgan fingerprint density at radius 3 is 2.35 bits per heavy atom. The van der Waals surface area contributed by atoms with Crippen LogP contribution < -0.4 is 0 Å². The molecule has 0 aliphatic heterocycles. The molecule has 0 bridgehead atoms. The van der Waals surface area contributed by atoms with Crippen LogP contribution in [0.4, 0.5) is 18.0 Å². The van der Waals surface area contributed by atoms with Gasteiger partial charge in [0, 0.05) is 19.3 Å². The molecule has 142 valence electrons. The van der Waals surface area contributed by atoms with Gasteiger partial charge in [-0.3, -0.25) is 0 Å². The van der Waals surface area contributed by atoms with Crippen molar-refractivity contribution in [2.45, 2.75) is 30.1 Å². The predicted molar refractivity (Wildman–Crippen MR) is 85.6 cm³/mol. The molecule has 0 aromatic carbocycles. The van der Waals surface area contributed by atoms with Crippen molar-refractivity contribution in [3.8, 4) is 0 Å². The molecular weight excluding hydrogens is 397 g/mol. The first-order valence-corrected chi connectivity index (χ1v) is 9.21. The molecule has 0 fully saturated rings. The number of halogens is 4. The maximum absolute atomic E-state index is 12.6. The number of hydrogen-bond donors (Lipinski definition) is 0. The van der Waals surface area contributed by atoms with Crippen molar-refractivity contribution in [1.29, 1.82) is 0 Å². The van der Waals surface area contributed by atoms with E-state index < -0.39 is 37.7 Å². The van der Waals surface area contributed by atoms with Crippen molar-refractivity contribution in [2.24, 2.45) is 0 Å². The quantitative estimate of drug-likeness (QED) is 0.773. The van der Waals surface area contributed by atoms with E-state index in [-0.39, 0.29) is 5.02 Å². The minimum atomic E-state index is -4.65. The third-order valence-corrected chi connectivity index (χ3v) is 5.45. The maximum atomic E-state index is 12.6. The van der Waals surface area contributed by atoms with Gasteiger partial charge in [-0.15, -0.1) is 5.10 Å². The number of pyridine rings is 1. The molecule has 0 unspecified atom stereocenters. The van der Waals surface area contributed by atoms with Crippen LogP contribution >= 0.6 is 11.6 Å². The molecule has 1 amide bonds. The number of aromatic nitrogens is 3. The van der Waals surface area contributed by atoms with Crippen molar-refractivity contribution in [1.82, 2.24) is 19.7 Å². The zero-order valence-electron chi connectivity index (χ0n) is 13.7. The third kappa shape index (κ3) is 3.83. The Morgan fingerprint density at radius 2 is 1.88 bits per heavy atom. The van der Waals surface area contributed by atoms with Gasteiger partial charge in [-0.25, -0.2) is 18.2 Å². The second kappa shape index (κ2) is 7.23. The molecule has 2 aromatic rings. The van der Waals surface area contributed by atoms with Crippen molar-refractivity contribution in [2.75, 3.05) is 13.1 Å². The average molecular weight is 411 g/mol. The van der Waals surface area contributed by atoms with E-state index in [2.05, 4.69) is 10.1 Å². The van der Waals surface area contributed by atoms with E-state index in [1.54, 1.807) is 13.8 Å². The lowest BCUT2D eigenvalue weighted by Crippen LogP contribution is -2.34. The van der Waals surface area contributed by atoms with Crippen molar-refractivity contribution in [3.63, 3.8) is 0 Å². The van der Waals surface area contributed by atoms with E-state index in [0.29, 0.717) is 31.4 Å². The normalized spacial score (nSPS) is 12.2. The van der Waals surface area contributed by atoms with Crippen LogP contribution in [0.5, 0.6) is 0 Å². The molecule has 2 heterocycles. The summed E-state index contributed by atoms with van der Waals surface area (Å²) in [5.41, 5.74) is -1.09. The number of carbonyl (C=O) groups excluding carboxylic acids is 1. The molecular formula is C14H14ClF3N4O3S. The van der Waals surface area contributed by atoms with Gasteiger partial charge < -0.3 is 4.90 Å². The van der Waals surface area contributed by atoms with Crippen LogP contribution in [0.3, 0.4) is 0 Å². The lowest BCUT2D eigenvalue weighted by molar-refractivity contribution is -0.137. The summed E-state index contributed by atoms with van der Waals surface area (Å²) in [6.07, 6.45) is -3.22. The van der Waals surface area contributed by atoms with Gasteiger partial charge in [0.05, 0.1) is 16.8 Å². The molecule has 2 rings (SSSR count). The van der Waals surface area contributed by atoms with E-state index in [1.807, 2.05) is 0 Å². The molecule has 26 heavy (non-hydrogen) atoms. The van der Waals surface area contributed by atoms with Crippen LogP contribution in [-0.2, 0) is 16.0 Å². The molecule has 0 N–H and O–H groups in total. The zero-order chi connectivity index (χ0) is 19.7. The summed E-state index contributed by atoms with van der Waals surface area (Å²) < 4.78 is 63.5. The van der Waals surface area contributed by atoms with Crippen LogP contribution in [0, 0.1) is 0 Å². The summed E-state index contributed by atoms with van der Waals surface area (Å²) in [6.45, 7) is 4.21. The molecule has 0 aliphatic carbocycles. The Kier molecular flexibility index (Phi) is 5.61. The Bertz CT molecular complexity index is 907. The largest absolute Gasteiger partial charge is 0.417 e. The van der Waals surface area contributed by atoms with Crippen LogP contribution in [0.2, 0.25) is 5.02 Å². The van der Waals surface area contributed by atoms with E-state index >= 15 is 0 Å². The number of amides is 1.